The third kappa shape index (κ3) is 3.13. The van der Waals surface area contributed by atoms with Crippen molar-refractivity contribution in [3.63, 3.8) is 0 Å². The normalized spacial score (nSPS) is 24.5. The number of hydrogen-bond donors (Lipinski definition) is 0. The van der Waals surface area contributed by atoms with Crippen LogP contribution in [0, 0.1) is 16.0 Å². The lowest BCUT2D eigenvalue weighted by Gasteiger charge is -2.43. The number of rotatable bonds is 3. The van der Waals surface area contributed by atoms with Crippen molar-refractivity contribution in [1.82, 2.24) is 4.90 Å². The van der Waals surface area contributed by atoms with Crippen LogP contribution in [-0.2, 0) is 4.79 Å². The van der Waals surface area contributed by atoms with Gasteiger partial charge in [0.25, 0.3) is 5.69 Å². The first-order valence-electron chi connectivity index (χ1n) is 9.20. The van der Waals surface area contributed by atoms with E-state index in [0.717, 1.165) is 19.4 Å². The molecule has 7 nitrogen and oxygen atoms in total. The van der Waals surface area contributed by atoms with Gasteiger partial charge in [-0.3, -0.25) is 14.9 Å². The van der Waals surface area contributed by atoms with Crippen molar-refractivity contribution in [2.45, 2.75) is 44.6 Å². The third-order valence-electron chi connectivity index (χ3n) is 5.65. The van der Waals surface area contributed by atoms with Crippen LogP contribution < -0.4 is 9.47 Å². The molecule has 0 radical (unpaired) electrons. The summed E-state index contributed by atoms with van der Waals surface area (Å²) < 4.78 is 10.5. The average molecular weight is 358 g/mol. The minimum Gasteiger partial charge on any atom is -0.454 e. The smallest absolute Gasteiger partial charge is 0.280 e. The van der Waals surface area contributed by atoms with Gasteiger partial charge in [-0.25, -0.2) is 0 Å². The minimum absolute atomic E-state index is 0.0510. The van der Waals surface area contributed by atoms with E-state index < -0.39 is 4.92 Å². The molecule has 2 aliphatic heterocycles. The number of likely N-dealkylation sites (tertiary alicyclic amines) is 1. The first kappa shape index (κ1) is 16.9. The van der Waals surface area contributed by atoms with E-state index in [9.17, 15) is 14.9 Å². The first-order chi connectivity index (χ1) is 12.6. The van der Waals surface area contributed by atoms with Crippen LogP contribution in [0.3, 0.4) is 0 Å². The lowest BCUT2D eigenvalue weighted by molar-refractivity contribution is -0.385. The van der Waals surface area contributed by atoms with Gasteiger partial charge in [0, 0.05) is 18.7 Å². The van der Waals surface area contributed by atoms with Gasteiger partial charge in [0.05, 0.1) is 16.6 Å². The number of carbonyl (C=O) groups excluding carboxylic acids is 1. The van der Waals surface area contributed by atoms with Gasteiger partial charge < -0.3 is 14.4 Å². The van der Waals surface area contributed by atoms with Crippen LogP contribution in [0.4, 0.5) is 5.69 Å². The molecular formula is C19H22N2O5. The topological polar surface area (TPSA) is 81.9 Å². The summed E-state index contributed by atoms with van der Waals surface area (Å²) in [6, 6.07) is 3.23. The van der Waals surface area contributed by atoms with E-state index in [1.54, 1.807) is 6.07 Å². The van der Waals surface area contributed by atoms with E-state index in [0.29, 0.717) is 29.0 Å². The van der Waals surface area contributed by atoms with Gasteiger partial charge in [-0.05, 0) is 43.7 Å². The predicted octanol–water partition coefficient (Wildman–Crippen LogP) is 3.52. The first-order valence-corrected chi connectivity index (χ1v) is 9.20. The fourth-order valence-corrected chi connectivity index (χ4v) is 4.39. The summed E-state index contributed by atoms with van der Waals surface area (Å²) in [4.78, 5) is 25.6. The quantitative estimate of drug-likeness (QED) is 0.469. The van der Waals surface area contributed by atoms with Crippen LogP contribution in [0.25, 0.3) is 6.08 Å². The number of piperidine rings is 1. The lowest BCUT2D eigenvalue weighted by atomic mass is 9.78. The second kappa shape index (κ2) is 6.97. The Morgan fingerprint density at radius 2 is 1.88 bits per heavy atom. The molecule has 7 heteroatoms. The van der Waals surface area contributed by atoms with Crippen molar-refractivity contribution < 1.29 is 19.2 Å². The lowest BCUT2D eigenvalue weighted by Crippen LogP contribution is -2.49. The summed E-state index contributed by atoms with van der Waals surface area (Å²) in [5.41, 5.74) is 0.261. The highest BCUT2D eigenvalue weighted by atomic mass is 16.7. The number of nitro groups is 1. The van der Waals surface area contributed by atoms with Crippen LogP contribution >= 0.6 is 0 Å². The van der Waals surface area contributed by atoms with Crippen LogP contribution in [0.15, 0.2) is 18.2 Å². The van der Waals surface area contributed by atoms with Crippen LogP contribution in [0.5, 0.6) is 11.5 Å². The van der Waals surface area contributed by atoms with Crippen LogP contribution in [0.2, 0.25) is 0 Å². The van der Waals surface area contributed by atoms with E-state index in [1.807, 2.05) is 4.90 Å². The van der Waals surface area contributed by atoms with E-state index in [4.69, 9.17) is 9.47 Å². The molecule has 4 rings (SSSR count). The van der Waals surface area contributed by atoms with E-state index >= 15 is 0 Å². The number of amides is 1. The van der Waals surface area contributed by atoms with Gasteiger partial charge in [-0.1, -0.05) is 12.8 Å². The molecule has 1 saturated heterocycles. The molecule has 138 valence electrons. The maximum absolute atomic E-state index is 12.8. The summed E-state index contributed by atoms with van der Waals surface area (Å²) in [6.07, 6.45) is 9.90. The Morgan fingerprint density at radius 3 is 2.69 bits per heavy atom. The molecule has 0 spiro atoms. The van der Waals surface area contributed by atoms with Gasteiger partial charge in [0.2, 0.25) is 12.7 Å². The molecule has 0 N–H and O–H groups in total. The van der Waals surface area contributed by atoms with Gasteiger partial charge in [0.1, 0.15) is 0 Å². The number of ether oxygens (including phenoxy) is 2. The molecule has 1 aliphatic carbocycles. The molecule has 1 saturated carbocycles. The van der Waals surface area contributed by atoms with E-state index in [2.05, 4.69) is 0 Å². The van der Waals surface area contributed by atoms with Crippen molar-refractivity contribution in [2.24, 2.45) is 5.92 Å². The second-order valence-corrected chi connectivity index (χ2v) is 7.14. The Kier molecular flexibility index (Phi) is 4.53. The summed E-state index contributed by atoms with van der Waals surface area (Å²) in [6.45, 7) is 0.822. The second-order valence-electron chi connectivity index (χ2n) is 7.14. The molecule has 2 unspecified atom stereocenters. The Labute approximate surface area is 151 Å². The van der Waals surface area contributed by atoms with Crippen LogP contribution in [-0.4, -0.2) is 35.1 Å². The molecule has 0 aromatic heterocycles. The Hall–Kier alpha value is -2.57. The SMILES string of the molecule is O=C(/C=C/c1cc2c(cc1[N+](=O)[O-])OCO2)N1CCCC2CCCCC21. The number of fused-ring (bicyclic) bond motifs is 2. The number of nitrogens with zero attached hydrogens (tertiary/aromatic N) is 2. The molecule has 26 heavy (non-hydrogen) atoms. The number of nitro benzene ring substituents is 1. The Morgan fingerprint density at radius 1 is 1.15 bits per heavy atom. The van der Waals surface area contributed by atoms with Crippen molar-refractivity contribution >= 4 is 17.7 Å². The standard InChI is InChI=1S/C19H22N2O5/c22-19(20-9-3-5-13-4-1-2-6-15(13)20)8-7-14-10-17-18(26-12-25-17)11-16(14)21(23)24/h7-8,10-11,13,15H,1-6,9,12H2/b8-7+. The molecule has 1 aromatic rings. The fraction of sp³-hybridized carbons (Fsp3) is 0.526. The maximum Gasteiger partial charge on any atom is 0.280 e. The zero-order valence-corrected chi connectivity index (χ0v) is 14.6. The van der Waals surface area contributed by atoms with Crippen molar-refractivity contribution in [1.29, 1.82) is 0 Å². The van der Waals surface area contributed by atoms with Crippen LogP contribution in [0.1, 0.15) is 44.1 Å². The predicted molar refractivity (Wildman–Crippen MR) is 94.9 cm³/mol. The molecule has 1 amide bonds. The number of carbonyl (C=O) groups is 1. The summed E-state index contributed by atoms with van der Waals surface area (Å²) in [7, 11) is 0. The highest BCUT2D eigenvalue weighted by Gasteiger charge is 2.35. The molecule has 2 fully saturated rings. The van der Waals surface area contributed by atoms with Gasteiger partial charge >= 0.3 is 0 Å². The maximum atomic E-state index is 12.8. The van der Waals surface area contributed by atoms with Crippen molar-refractivity contribution in [3.05, 3.63) is 33.9 Å². The number of hydrogen-bond acceptors (Lipinski definition) is 5. The minimum atomic E-state index is -0.468. The molecular weight excluding hydrogens is 336 g/mol. The average Bonchev–Trinajstić information content (AvgIpc) is 3.12. The molecule has 2 atom stereocenters. The third-order valence-corrected chi connectivity index (χ3v) is 5.65. The monoisotopic (exact) mass is 358 g/mol. The fourth-order valence-electron chi connectivity index (χ4n) is 4.39. The van der Waals surface area contributed by atoms with Gasteiger partial charge in [0.15, 0.2) is 11.5 Å². The summed E-state index contributed by atoms with van der Waals surface area (Å²) >= 11 is 0. The van der Waals surface area contributed by atoms with Gasteiger partial charge in [-0.15, -0.1) is 0 Å². The zero-order valence-electron chi connectivity index (χ0n) is 14.6. The molecule has 0 bridgehead atoms. The largest absolute Gasteiger partial charge is 0.454 e. The van der Waals surface area contributed by atoms with Crippen molar-refractivity contribution in [3.8, 4) is 11.5 Å². The summed E-state index contributed by atoms with van der Waals surface area (Å²) in [5, 5.41) is 11.3. The van der Waals surface area contributed by atoms with Crippen molar-refractivity contribution in [2.75, 3.05) is 13.3 Å². The highest BCUT2D eigenvalue weighted by Crippen LogP contribution is 2.39. The highest BCUT2D eigenvalue weighted by molar-refractivity contribution is 5.93. The zero-order chi connectivity index (χ0) is 18.1. The molecule has 2 heterocycles. The number of benzene rings is 1. The Bertz CT molecular complexity index is 759. The van der Waals surface area contributed by atoms with E-state index in [1.165, 1.54) is 43.9 Å². The Balaban J connectivity index is 1.56. The van der Waals surface area contributed by atoms with E-state index in [-0.39, 0.29) is 18.4 Å². The molecule has 3 aliphatic rings. The van der Waals surface area contributed by atoms with Gasteiger partial charge in [-0.2, -0.15) is 0 Å². The summed E-state index contributed by atoms with van der Waals surface area (Å²) in [5.74, 6) is 1.37. The molecule has 1 aromatic carbocycles.